The number of hydrogen-bond acceptors (Lipinski definition) is 5. The molecule has 3 aromatic carbocycles. The SMILES string of the molecule is CC(C)(O[Si](C)(C)C(C)(C)C)[C@@H](NC[C@@H]1CN(C(=O)OCc2ccccc2)C[C@@H]1F)c1nc(-c2cc(F)ccc2F)cn1Cc1ccccc1. The van der Waals surface area contributed by atoms with Crippen LogP contribution in [0.25, 0.3) is 11.3 Å². The maximum absolute atomic E-state index is 15.6. The lowest BCUT2D eigenvalue weighted by molar-refractivity contribution is 0.0416. The van der Waals surface area contributed by atoms with Gasteiger partial charge in [0.2, 0.25) is 0 Å². The third-order valence-corrected chi connectivity index (χ3v) is 14.5. The molecule has 0 radical (unpaired) electrons. The first kappa shape index (κ1) is 37.3. The number of benzene rings is 3. The van der Waals surface area contributed by atoms with E-state index in [1.54, 1.807) is 6.20 Å². The molecule has 0 saturated carbocycles. The van der Waals surface area contributed by atoms with Crippen LogP contribution in [0, 0.1) is 17.6 Å². The van der Waals surface area contributed by atoms with E-state index >= 15 is 8.78 Å². The Kier molecular flexibility index (Phi) is 11.3. The number of ether oxygens (including phenoxy) is 1. The van der Waals surface area contributed by atoms with E-state index in [-0.39, 0.29) is 42.5 Å². The lowest BCUT2D eigenvalue weighted by atomic mass is 9.96. The molecule has 268 valence electrons. The van der Waals surface area contributed by atoms with E-state index in [1.807, 2.05) is 79.1 Å². The number of imidazole rings is 1. The van der Waals surface area contributed by atoms with E-state index in [9.17, 15) is 9.18 Å². The Hall–Kier alpha value is -3.93. The van der Waals surface area contributed by atoms with Crippen LogP contribution in [0.3, 0.4) is 0 Å². The van der Waals surface area contributed by atoms with Gasteiger partial charge in [-0.15, -0.1) is 0 Å². The fourth-order valence-electron chi connectivity index (χ4n) is 6.16. The maximum Gasteiger partial charge on any atom is 0.410 e. The predicted molar refractivity (Wildman–Crippen MR) is 193 cm³/mol. The van der Waals surface area contributed by atoms with Gasteiger partial charge < -0.3 is 23.9 Å². The zero-order valence-corrected chi connectivity index (χ0v) is 31.1. The minimum absolute atomic E-state index is 0.0456. The second kappa shape index (κ2) is 15.1. The second-order valence-electron chi connectivity index (χ2n) is 15.3. The fourth-order valence-corrected chi connectivity index (χ4v) is 7.90. The molecule has 1 fully saturated rings. The first-order valence-electron chi connectivity index (χ1n) is 17.1. The lowest BCUT2D eigenvalue weighted by Gasteiger charge is -2.46. The van der Waals surface area contributed by atoms with Crippen molar-refractivity contribution in [3.8, 4) is 11.3 Å². The number of hydrogen-bond donors (Lipinski definition) is 1. The van der Waals surface area contributed by atoms with Gasteiger partial charge in [0, 0.05) is 37.3 Å². The monoisotopic (exact) mass is 706 g/mol. The zero-order valence-electron chi connectivity index (χ0n) is 30.1. The highest BCUT2D eigenvalue weighted by Gasteiger charge is 2.46. The molecule has 50 heavy (non-hydrogen) atoms. The molecule has 0 aliphatic carbocycles. The van der Waals surface area contributed by atoms with Crippen molar-refractivity contribution in [3.05, 3.63) is 114 Å². The Morgan fingerprint density at radius 3 is 2.24 bits per heavy atom. The van der Waals surface area contributed by atoms with Crippen molar-refractivity contribution in [2.75, 3.05) is 19.6 Å². The van der Waals surface area contributed by atoms with Crippen molar-refractivity contribution >= 4 is 14.4 Å². The van der Waals surface area contributed by atoms with Crippen molar-refractivity contribution in [1.29, 1.82) is 0 Å². The minimum Gasteiger partial charge on any atom is -0.445 e. The average Bonchev–Trinajstić information content (AvgIpc) is 3.64. The Balaban J connectivity index is 1.47. The maximum atomic E-state index is 15.6. The van der Waals surface area contributed by atoms with E-state index in [0.29, 0.717) is 12.4 Å². The van der Waals surface area contributed by atoms with E-state index in [0.717, 1.165) is 29.3 Å². The number of amides is 1. The third-order valence-electron chi connectivity index (χ3n) is 9.89. The van der Waals surface area contributed by atoms with Gasteiger partial charge in [-0.05, 0) is 61.3 Å². The molecule has 7 nitrogen and oxygen atoms in total. The summed E-state index contributed by atoms with van der Waals surface area (Å²) in [5.74, 6) is -1.14. The first-order valence-corrected chi connectivity index (χ1v) is 20.0. The number of rotatable bonds is 12. The van der Waals surface area contributed by atoms with E-state index in [2.05, 4.69) is 39.2 Å². The molecule has 1 saturated heterocycles. The molecule has 4 aromatic rings. The predicted octanol–water partition coefficient (Wildman–Crippen LogP) is 8.91. The van der Waals surface area contributed by atoms with Crippen molar-refractivity contribution in [2.24, 2.45) is 5.92 Å². The first-order chi connectivity index (χ1) is 23.5. The Labute approximate surface area is 295 Å². The molecule has 1 amide bonds. The molecule has 1 N–H and O–H groups in total. The molecule has 5 rings (SSSR count). The zero-order chi connectivity index (χ0) is 36.3. The van der Waals surface area contributed by atoms with Gasteiger partial charge in [0.05, 0.1) is 23.9 Å². The highest BCUT2D eigenvalue weighted by atomic mass is 28.4. The highest BCUT2D eigenvalue weighted by molar-refractivity contribution is 6.74. The molecule has 0 bridgehead atoms. The van der Waals surface area contributed by atoms with Crippen LogP contribution in [0.4, 0.5) is 18.0 Å². The standard InChI is InChI=1S/C39H49F3N4O3Si/c1-38(2,3)50(6,7)49-39(4,5)35(43-21-29-23-46(24-33(29)42)37(47)48-26-28-16-12-9-13-17-28)36-44-34(31-20-30(40)18-19-32(31)41)25-45(36)22-27-14-10-8-11-15-27/h8-20,25,29,33,35,43H,21-24,26H2,1-7H3/t29-,33+,35+/m1/s1. The summed E-state index contributed by atoms with van der Waals surface area (Å²) in [5, 5.41) is 3.47. The highest BCUT2D eigenvalue weighted by Crippen LogP contribution is 2.42. The van der Waals surface area contributed by atoms with Crippen LogP contribution in [-0.2, 0) is 22.3 Å². The summed E-state index contributed by atoms with van der Waals surface area (Å²) in [7, 11) is -2.37. The normalized spacial score (nSPS) is 17.6. The van der Waals surface area contributed by atoms with Crippen molar-refractivity contribution in [1.82, 2.24) is 19.8 Å². The average molecular weight is 707 g/mol. The van der Waals surface area contributed by atoms with Crippen LogP contribution in [0.15, 0.2) is 85.1 Å². The topological polar surface area (TPSA) is 68.6 Å². The number of carbonyl (C=O) groups is 1. The van der Waals surface area contributed by atoms with Crippen LogP contribution in [0.1, 0.15) is 57.6 Å². The van der Waals surface area contributed by atoms with Gasteiger partial charge in [-0.1, -0.05) is 81.4 Å². The molecule has 2 heterocycles. The molecule has 11 heteroatoms. The Morgan fingerprint density at radius 1 is 0.960 bits per heavy atom. The fraction of sp³-hybridized carbons (Fsp3) is 0.436. The summed E-state index contributed by atoms with van der Waals surface area (Å²) in [4.78, 5) is 19.3. The van der Waals surface area contributed by atoms with Crippen molar-refractivity contribution in [3.63, 3.8) is 0 Å². The second-order valence-corrected chi connectivity index (χ2v) is 20.0. The summed E-state index contributed by atoms with van der Waals surface area (Å²) in [5.41, 5.74) is 1.29. The van der Waals surface area contributed by atoms with Crippen molar-refractivity contribution in [2.45, 2.75) is 83.7 Å². The molecule has 1 aliphatic heterocycles. The number of carbonyl (C=O) groups excluding carboxylic acids is 1. The smallest absolute Gasteiger partial charge is 0.410 e. The third kappa shape index (κ3) is 8.86. The Bertz CT molecular complexity index is 1740. The van der Waals surface area contributed by atoms with Gasteiger partial charge in [0.15, 0.2) is 8.32 Å². The molecule has 1 aromatic heterocycles. The summed E-state index contributed by atoms with van der Waals surface area (Å²) in [6, 6.07) is 21.9. The molecule has 1 aliphatic rings. The van der Waals surface area contributed by atoms with Crippen LogP contribution >= 0.6 is 0 Å². The minimum atomic E-state index is -2.37. The number of nitrogens with one attached hydrogen (secondary N) is 1. The summed E-state index contributed by atoms with van der Waals surface area (Å²) in [6.45, 7) is 15.6. The molecular formula is C39H49F3N4O3Si. The van der Waals surface area contributed by atoms with Gasteiger partial charge in [-0.25, -0.2) is 22.9 Å². The van der Waals surface area contributed by atoms with Gasteiger partial charge in [-0.3, -0.25) is 0 Å². The van der Waals surface area contributed by atoms with Crippen LogP contribution < -0.4 is 5.32 Å². The summed E-state index contributed by atoms with van der Waals surface area (Å²) >= 11 is 0. The lowest BCUT2D eigenvalue weighted by Crippen LogP contribution is -2.53. The molecule has 0 unspecified atom stereocenters. The van der Waals surface area contributed by atoms with E-state index in [1.165, 1.54) is 4.90 Å². The van der Waals surface area contributed by atoms with E-state index < -0.39 is 49.8 Å². The summed E-state index contributed by atoms with van der Waals surface area (Å²) < 4.78 is 59.6. The molecule has 3 atom stereocenters. The number of halogens is 3. The number of nitrogens with zero attached hydrogens (tertiary/aromatic N) is 3. The number of likely N-dealkylation sites (tertiary alicyclic amines) is 1. The number of alkyl halides is 1. The quantitative estimate of drug-likeness (QED) is 0.149. The molecule has 0 spiro atoms. The van der Waals surface area contributed by atoms with Gasteiger partial charge >= 0.3 is 6.09 Å². The van der Waals surface area contributed by atoms with Crippen molar-refractivity contribution < 1.29 is 27.1 Å². The summed E-state index contributed by atoms with van der Waals surface area (Å²) in [6.07, 6.45) is -0.106. The number of aromatic nitrogens is 2. The van der Waals surface area contributed by atoms with Gasteiger partial charge in [0.25, 0.3) is 0 Å². The van der Waals surface area contributed by atoms with E-state index in [4.69, 9.17) is 14.1 Å². The Morgan fingerprint density at radius 2 is 1.60 bits per heavy atom. The molecular weight excluding hydrogens is 658 g/mol. The van der Waals surface area contributed by atoms with Crippen LogP contribution in [0.2, 0.25) is 18.1 Å². The van der Waals surface area contributed by atoms with Gasteiger partial charge in [-0.2, -0.15) is 0 Å². The van der Waals surface area contributed by atoms with Crippen LogP contribution in [0.5, 0.6) is 0 Å². The largest absolute Gasteiger partial charge is 0.445 e. The van der Waals surface area contributed by atoms with Crippen LogP contribution in [-0.4, -0.2) is 60.3 Å². The van der Waals surface area contributed by atoms with Gasteiger partial charge in [0.1, 0.15) is 30.2 Å².